The number of aliphatic imine (C=N–C) groups is 1. The molecule has 0 atom stereocenters. The van der Waals surface area contributed by atoms with Gasteiger partial charge in [0.1, 0.15) is 5.69 Å². The van der Waals surface area contributed by atoms with Gasteiger partial charge >= 0.3 is 6.18 Å². The Bertz CT molecular complexity index is 890. The first-order valence-corrected chi connectivity index (χ1v) is 9.59. The number of hydrogen-bond donors (Lipinski definition) is 1. The lowest BCUT2D eigenvalue weighted by Gasteiger charge is -2.29. The van der Waals surface area contributed by atoms with Crippen LogP contribution in [0.15, 0.2) is 17.4 Å². The molecule has 0 amide bonds. The molecule has 0 aromatic carbocycles. The van der Waals surface area contributed by atoms with Gasteiger partial charge in [0.15, 0.2) is 11.6 Å². The lowest BCUT2D eigenvalue weighted by atomic mass is 10.1. The Morgan fingerprint density at radius 1 is 1.17 bits per heavy atom. The minimum atomic E-state index is -4.30. The van der Waals surface area contributed by atoms with Crippen LogP contribution < -0.4 is 10.2 Å². The van der Waals surface area contributed by atoms with Crippen molar-refractivity contribution < 1.29 is 17.9 Å². The summed E-state index contributed by atoms with van der Waals surface area (Å²) >= 11 is 0. The van der Waals surface area contributed by atoms with E-state index in [2.05, 4.69) is 30.2 Å². The molecule has 0 radical (unpaired) electrons. The third kappa shape index (κ3) is 5.62. The number of rotatable bonds is 6. The quantitative estimate of drug-likeness (QED) is 0.712. The van der Waals surface area contributed by atoms with E-state index in [0.717, 1.165) is 0 Å². The number of aryl methyl sites for hydroxylation is 1. The van der Waals surface area contributed by atoms with E-state index in [-0.39, 0.29) is 17.9 Å². The number of nitrogens with zero attached hydrogens (tertiary/aromatic N) is 6. The van der Waals surface area contributed by atoms with Crippen molar-refractivity contribution in [2.75, 3.05) is 43.6 Å². The van der Waals surface area contributed by atoms with Gasteiger partial charge in [-0.05, 0) is 13.8 Å². The van der Waals surface area contributed by atoms with E-state index in [4.69, 9.17) is 4.74 Å². The normalized spacial score (nSPS) is 14.5. The Labute approximate surface area is 172 Å². The molecule has 1 saturated heterocycles. The summed E-state index contributed by atoms with van der Waals surface area (Å²) in [6, 6.07) is 0. The summed E-state index contributed by atoms with van der Waals surface area (Å²) in [6.07, 6.45) is -2.51. The monoisotopic (exact) mass is 423 g/mol. The first-order chi connectivity index (χ1) is 14.3. The topological polar surface area (TPSA) is 88.4 Å². The summed E-state index contributed by atoms with van der Waals surface area (Å²) in [7, 11) is 1.69. The molecule has 1 fully saturated rings. The minimum absolute atomic E-state index is 0.248. The van der Waals surface area contributed by atoms with Crippen molar-refractivity contribution >= 4 is 23.2 Å². The predicted molar refractivity (Wildman–Crippen MR) is 108 cm³/mol. The van der Waals surface area contributed by atoms with E-state index in [1.165, 1.54) is 0 Å². The summed E-state index contributed by atoms with van der Waals surface area (Å²) in [5.74, 6) is 1.19. The van der Waals surface area contributed by atoms with Crippen molar-refractivity contribution in [3.63, 3.8) is 0 Å². The maximum atomic E-state index is 13.0. The van der Waals surface area contributed by atoms with E-state index in [1.54, 1.807) is 33.3 Å². The van der Waals surface area contributed by atoms with E-state index >= 15 is 0 Å². The SMILES string of the molecule is CNc1ncc(-c2nc(CCC(F)(F)F)c(N=C(C)C)c(N3CCOCC3)n2)cn1. The number of aromatic nitrogens is 4. The molecule has 162 valence electrons. The Balaban J connectivity index is 2.13. The molecule has 0 aliphatic carbocycles. The van der Waals surface area contributed by atoms with E-state index in [9.17, 15) is 13.2 Å². The average molecular weight is 423 g/mol. The Morgan fingerprint density at radius 2 is 1.83 bits per heavy atom. The molecular weight excluding hydrogens is 399 g/mol. The molecule has 1 aliphatic heterocycles. The van der Waals surface area contributed by atoms with Crippen molar-refractivity contribution in [3.8, 4) is 11.4 Å². The van der Waals surface area contributed by atoms with E-state index in [1.807, 2.05) is 4.90 Å². The van der Waals surface area contributed by atoms with Gasteiger partial charge in [-0.25, -0.2) is 19.9 Å². The largest absolute Gasteiger partial charge is 0.389 e. The predicted octanol–water partition coefficient (Wildman–Crippen LogP) is 3.42. The van der Waals surface area contributed by atoms with Crippen LogP contribution in [0.1, 0.15) is 26.0 Å². The summed E-state index contributed by atoms with van der Waals surface area (Å²) in [4.78, 5) is 23.9. The van der Waals surface area contributed by atoms with Crippen molar-refractivity contribution in [2.24, 2.45) is 4.99 Å². The van der Waals surface area contributed by atoms with Gasteiger partial charge < -0.3 is 15.0 Å². The molecule has 30 heavy (non-hydrogen) atoms. The van der Waals surface area contributed by atoms with Gasteiger partial charge in [-0.1, -0.05) is 0 Å². The number of halogens is 3. The standard InChI is InChI=1S/C19H24F3N7O/c1-12(2)26-15-14(4-5-19(20,21)22)27-16(13-10-24-18(23-3)25-11-13)28-17(15)29-6-8-30-9-7-29/h10-11H,4-9H2,1-3H3,(H,23,24,25). The molecule has 0 bridgehead atoms. The zero-order valence-corrected chi connectivity index (χ0v) is 17.1. The Kier molecular flexibility index (Phi) is 6.80. The van der Waals surface area contributed by atoms with E-state index in [0.29, 0.717) is 55.0 Å². The highest BCUT2D eigenvalue weighted by Crippen LogP contribution is 2.35. The van der Waals surface area contributed by atoms with Gasteiger partial charge in [0.25, 0.3) is 0 Å². The smallest absolute Gasteiger partial charge is 0.378 e. The van der Waals surface area contributed by atoms with Gasteiger partial charge in [0.05, 0.1) is 24.5 Å². The first kappa shape index (κ1) is 21.9. The van der Waals surface area contributed by atoms with Crippen LogP contribution in [0, 0.1) is 0 Å². The first-order valence-electron chi connectivity index (χ1n) is 9.59. The maximum absolute atomic E-state index is 13.0. The number of anilines is 2. The zero-order valence-electron chi connectivity index (χ0n) is 17.1. The fourth-order valence-corrected chi connectivity index (χ4v) is 2.96. The van der Waals surface area contributed by atoms with Crippen LogP contribution in [0.5, 0.6) is 0 Å². The van der Waals surface area contributed by atoms with Crippen LogP contribution >= 0.6 is 0 Å². The highest BCUT2D eigenvalue weighted by molar-refractivity contribution is 5.85. The molecule has 1 N–H and O–H groups in total. The highest BCUT2D eigenvalue weighted by Gasteiger charge is 2.29. The van der Waals surface area contributed by atoms with Crippen molar-refractivity contribution in [1.82, 2.24) is 19.9 Å². The molecule has 1 aliphatic rings. The van der Waals surface area contributed by atoms with Gasteiger partial charge in [-0.15, -0.1) is 0 Å². The van der Waals surface area contributed by atoms with Gasteiger partial charge in [0.2, 0.25) is 5.95 Å². The number of ether oxygens (including phenoxy) is 1. The zero-order chi connectivity index (χ0) is 21.7. The van der Waals surface area contributed by atoms with Crippen molar-refractivity contribution in [1.29, 1.82) is 0 Å². The second-order valence-corrected chi connectivity index (χ2v) is 6.99. The fraction of sp³-hybridized carbons (Fsp3) is 0.526. The van der Waals surface area contributed by atoms with Gasteiger partial charge in [0, 0.05) is 51.1 Å². The molecule has 0 saturated carbocycles. The molecule has 3 heterocycles. The minimum Gasteiger partial charge on any atom is -0.378 e. The van der Waals surface area contributed by atoms with Crippen molar-refractivity contribution in [2.45, 2.75) is 32.9 Å². The molecule has 2 aromatic rings. The molecule has 8 nitrogen and oxygen atoms in total. The van der Waals surface area contributed by atoms with Gasteiger partial charge in [-0.2, -0.15) is 13.2 Å². The molecular formula is C19H24F3N7O. The highest BCUT2D eigenvalue weighted by atomic mass is 19.4. The number of alkyl halides is 3. The number of nitrogens with one attached hydrogen (secondary N) is 1. The summed E-state index contributed by atoms with van der Waals surface area (Å²) in [5.41, 5.74) is 1.84. The van der Waals surface area contributed by atoms with Crippen LogP contribution in [-0.4, -0.2) is 65.2 Å². The molecule has 2 aromatic heterocycles. The molecule has 3 rings (SSSR count). The fourth-order valence-electron chi connectivity index (χ4n) is 2.96. The number of morpholine rings is 1. The van der Waals surface area contributed by atoms with Crippen molar-refractivity contribution in [3.05, 3.63) is 18.1 Å². The number of hydrogen-bond acceptors (Lipinski definition) is 8. The average Bonchev–Trinajstić information content (AvgIpc) is 2.72. The lowest BCUT2D eigenvalue weighted by Crippen LogP contribution is -2.37. The molecule has 0 unspecified atom stereocenters. The third-order valence-electron chi connectivity index (χ3n) is 4.36. The summed E-state index contributed by atoms with van der Waals surface area (Å²) < 4.78 is 44.3. The lowest BCUT2D eigenvalue weighted by molar-refractivity contribution is -0.134. The maximum Gasteiger partial charge on any atom is 0.389 e. The van der Waals surface area contributed by atoms with Crippen LogP contribution in [0.2, 0.25) is 0 Å². The van der Waals surface area contributed by atoms with Crippen LogP contribution in [0.25, 0.3) is 11.4 Å². The third-order valence-corrected chi connectivity index (χ3v) is 4.36. The van der Waals surface area contributed by atoms with Crippen LogP contribution in [0.4, 0.5) is 30.6 Å². The Hall–Kier alpha value is -2.82. The molecule has 0 spiro atoms. The second-order valence-electron chi connectivity index (χ2n) is 6.99. The summed E-state index contributed by atoms with van der Waals surface area (Å²) in [5, 5.41) is 2.82. The van der Waals surface area contributed by atoms with Crippen LogP contribution in [0.3, 0.4) is 0 Å². The Morgan fingerprint density at radius 3 is 2.40 bits per heavy atom. The van der Waals surface area contributed by atoms with E-state index < -0.39 is 12.6 Å². The molecule has 11 heteroatoms. The second kappa shape index (κ2) is 9.33. The van der Waals surface area contributed by atoms with Crippen LogP contribution in [-0.2, 0) is 11.2 Å². The summed E-state index contributed by atoms with van der Waals surface area (Å²) in [6.45, 7) is 5.71. The van der Waals surface area contributed by atoms with Gasteiger partial charge in [-0.3, -0.25) is 4.99 Å².